The molecule has 0 saturated heterocycles. The topological polar surface area (TPSA) is 79.4 Å². The summed E-state index contributed by atoms with van der Waals surface area (Å²) >= 11 is 1.14. The summed E-state index contributed by atoms with van der Waals surface area (Å²) in [6.07, 6.45) is 0.199. The number of thiazole rings is 1. The number of benzene rings is 1. The number of ketones is 1. The number of nitrogens with zero attached hydrogens (tertiary/aromatic N) is 2. The van der Waals surface area contributed by atoms with Crippen molar-refractivity contribution in [1.82, 2.24) is 9.88 Å². The van der Waals surface area contributed by atoms with Crippen LogP contribution in [0.2, 0.25) is 0 Å². The molecule has 0 unspecified atom stereocenters. The van der Waals surface area contributed by atoms with Crippen LogP contribution >= 0.6 is 11.3 Å². The molecule has 2 aromatic rings. The smallest absolute Gasteiger partial charge is 0.265 e. The van der Waals surface area contributed by atoms with Crippen LogP contribution in [-0.4, -0.2) is 41.6 Å². The number of carbonyl (C=O) groups is 3. The van der Waals surface area contributed by atoms with Gasteiger partial charge >= 0.3 is 0 Å². The van der Waals surface area contributed by atoms with Gasteiger partial charge in [-0.05, 0) is 13.8 Å². The van der Waals surface area contributed by atoms with Crippen molar-refractivity contribution in [3.8, 4) is 0 Å². The maximum atomic E-state index is 12.1. The lowest BCUT2D eigenvalue weighted by Gasteiger charge is -2.07. The lowest BCUT2D eigenvalue weighted by Crippen LogP contribution is -2.21. The van der Waals surface area contributed by atoms with Crippen LogP contribution in [0.25, 0.3) is 0 Å². The van der Waals surface area contributed by atoms with Crippen molar-refractivity contribution in [2.45, 2.75) is 26.7 Å². The van der Waals surface area contributed by atoms with Gasteiger partial charge in [-0.3, -0.25) is 14.4 Å². The van der Waals surface area contributed by atoms with Gasteiger partial charge in [-0.15, -0.1) is 0 Å². The number of anilines is 1. The second-order valence-corrected chi connectivity index (χ2v) is 6.97. The van der Waals surface area contributed by atoms with Crippen LogP contribution in [0.3, 0.4) is 0 Å². The monoisotopic (exact) mass is 359 g/mol. The fourth-order valence-electron chi connectivity index (χ4n) is 2.14. The summed E-state index contributed by atoms with van der Waals surface area (Å²) in [6.45, 7) is 3.68. The van der Waals surface area contributed by atoms with E-state index in [0.717, 1.165) is 16.9 Å². The first kappa shape index (κ1) is 18.8. The zero-order valence-electron chi connectivity index (χ0n) is 14.8. The predicted octanol–water partition coefficient (Wildman–Crippen LogP) is 3.06. The van der Waals surface area contributed by atoms with Crippen LogP contribution in [0.1, 0.15) is 44.1 Å². The maximum Gasteiger partial charge on any atom is 0.265 e. The Kier molecular flexibility index (Phi) is 6.03. The summed E-state index contributed by atoms with van der Waals surface area (Å²) < 4.78 is 0. The van der Waals surface area contributed by atoms with E-state index in [4.69, 9.17) is 0 Å². The summed E-state index contributed by atoms with van der Waals surface area (Å²) in [4.78, 5) is 42.3. The molecule has 0 aliphatic heterocycles. The largest absolute Gasteiger partial charge is 0.344 e. The fourth-order valence-corrected chi connectivity index (χ4v) is 3.15. The highest BCUT2D eigenvalue weighted by atomic mass is 32.1. The molecule has 0 spiro atoms. The van der Waals surface area contributed by atoms with Crippen molar-refractivity contribution in [3.05, 3.63) is 46.0 Å². The Morgan fingerprint density at radius 3 is 2.32 bits per heavy atom. The zero-order chi connectivity index (χ0) is 18.6. The average Bonchev–Trinajstić information content (AvgIpc) is 2.92. The Hall–Kier alpha value is -2.54. The van der Waals surface area contributed by atoms with E-state index in [1.807, 2.05) is 19.1 Å². The van der Waals surface area contributed by atoms with E-state index in [1.165, 1.54) is 4.90 Å². The van der Waals surface area contributed by atoms with Gasteiger partial charge in [0.25, 0.3) is 5.91 Å². The Bertz CT molecular complexity index is 794. The van der Waals surface area contributed by atoms with Gasteiger partial charge in [0.15, 0.2) is 10.9 Å². The van der Waals surface area contributed by atoms with Crippen LogP contribution in [0.5, 0.6) is 0 Å². The van der Waals surface area contributed by atoms with Crippen molar-refractivity contribution < 1.29 is 14.4 Å². The molecule has 0 saturated carbocycles. The standard InChI is InChI=1S/C18H21N3O3S/c1-11-5-7-13(8-6-11)14(22)9-10-15(23)20-18-19-12(2)16(25-18)17(24)21(3)4/h5-8H,9-10H2,1-4H3,(H,19,20,23). The molecule has 0 aliphatic carbocycles. The fraction of sp³-hybridized carbons (Fsp3) is 0.333. The summed E-state index contributed by atoms with van der Waals surface area (Å²) in [5.74, 6) is -0.517. The molecule has 132 valence electrons. The van der Waals surface area contributed by atoms with Crippen molar-refractivity contribution >= 4 is 34.1 Å². The SMILES string of the molecule is Cc1ccc(C(=O)CCC(=O)Nc2nc(C)c(C(=O)N(C)C)s2)cc1. The first-order valence-corrected chi connectivity index (χ1v) is 8.68. The third kappa shape index (κ3) is 4.96. The van der Waals surface area contributed by atoms with Crippen LogP contribution < -0.4 is 5.32 Å². The number of aromatic nitrogens is 1. The number of amides is 2. The van der Waals surface area contributed by atoms with Gasteiger partial charge in [-0.2, -0.15) is 0 Å². The summed E-state index contributed by atoms with van der Waals surface area (Å²) in [5.41, 5.74) is 2.26. The molecule has 25 heavy (non-hydrogen) atoms. The number of carbonyl (C=O) groups excluding carboxylic acids is 3. The Balaban J connectivity index is 1.92. The Morgan fingerprint density at radius 2 is 1.72 bits per heavy atom. The molecule has 1 aromatic heterocycles. The number of rotatable bonds is 6. The highest BCUT2D eigenvalue weighted by molar-refractivity contribution is 7.17. The molecule has 1 heterocycles. The highest BCUT2D eigenvalue weighted by Gasteiger charge is 2.18. The number of hydrogen-bond acceptors (Lipinski definition) is 5. The molecule has 2 rings (SSSR count). The first-order chi connectivity index (χ1) is 11.8. The minimum absolute atomic E-state index is 0.0717. The number of aryl methyl sites for hydroxylation is 2. The van der Waals surface area contributed by atoms with Gasteiger partial charge in [-0.25, -0.2) is 4.98 Å². The Labute approximate surface area is 150 Å². The van der Waals surface area contributed by atoms with E-state index in [0.29, 0.717) is 21.3 Å². The first-order valence-electron chi connectivity index (χ1n) is 7.86. The number of hydrogen-bond donors (Lipinski definition) is 1. The molecule has 0 fully saturated rings. The van der Waals surface area contributed by atoms with Gasteiger partial charge in [0, 0.05) is 32.5 Å². The van der Waals surface area contributed by atoms with E-state index in [-0.39, 0.29) is 30.4 Å². The summed E-state index contributed by atoms with van der Waals surface area (Å²) in [5, 5.41) is 3.03. The molecule has 1 N–H and O–H groups in total. The molecule has 1 aromatic carbocycles. The van der Waals surface area contributed by atoms with Crippen LogP contribution in [-0.2, 0) is 4.79 Å². The number of Topliss-reactive ketones (excluding diaryl/α,β-unsaturated/α-hetero) is 1. The molecular weight excluding hydrogens is 338 g/mol. The zero-order valence-corrected chi connectivity index (χ0v) is 15.6. The minimum Gasteiger partial charge on any atom is -0.344 e. The number of nitrogens with one attached hydrogen (secondary N) is 1. The lowest BCUT2D eigenvalue weighted by molar-refractivity contribution is -0.116. The van der Waals surface area contributed by atoms with E-state index in [2.05, 4.69) is 10.3 Å². The van der Waals surface area contributed by atoms with Crippen molar-refractivity contribution in [3.63, 3.8) is 0 Å². The predicted molar refractivity (Wildman–Crippen MR) is 98.2 cm³/mol. The van der Waals surface area contributed by atoms with Gasteiger partial charge in [0.05, 0.1) is 5.69 Å². The molecule has 7 heteroatoms. The van der Waals surface area contributed by atoms with Gasteiger partial charge in [0.1, 0.15) is 4.88 Å². The second-order valence-electron chi connectivity index (χ2n) is 5.97. The van der Waals surface area contributed by atoms with Gasteiger partial charge in [0.2, 0.25) is 5.91 Å². The van der Waals surface area contributed by atoms with Crippen molar-refractivity contribution in [2.75, 3.05) is 19.4 Å². The minimum atomic E-state index is -0.293. The highest BCUT2D eigenvalue weighted by Crippen LogP contribution is 2.23. The molecule has 6 nitrogen and oxygen atoms in total. The van der Waals surface area contributed by atoms with Crippen LogP contribution in [0.15, 0.2) is 24.3 Å². The summed E-state index contributed by atoms with van der Waals surface area (Å²) in [6, 6.07) is 7.27. The maximum absolute atomic E-state index is 12.1. The van der Waals surface area contributed by atoms with Crippen molar-refractivity contribution in [1.29, 1.82) is 0 Å². The molecule has 0 bridgehead atoms. The molecule has 0 aliphatic rings. The normalized spacial score (nSPS) is 10.4. The van der Waals surface area contributed by atoms with Crippen LogP contribution in [0.4, 0.5) is 5.13 Å². The van der Waals surface area contributed by atoms with Crippen molar-refractivity contribution in [2.24, 2.45) is 0 Å². The Morgan fingerprint density at radius 1 is 1.08 bits per heavy atom. The molecule has 0 atom stereocenters. The molecule has 2 amide bonds. The molecule has 0 radical (unpaired) electrons. The average molecular weight is 359 g/mol. The summed E-state index contributed by atoms with van der Waals surface area (Å²) in [7, 11) is 3.33. The quantitative estimate of drug-likeness (QED) is 0.804. The van der Waals surface area contributed by atoms with Crippen LogP contribution in [0, 0.1) is 13.8 Å². The third-order valence-electron chi connectivity index (χ3n) is 3.60. The van der Waals surface area contributed by atoms with E-state index < -0.39 is 0 Å². The van der Waals surface area contributed by atoms with E-state index in [9.17, 15) is 14.4 Å². The van der Waals surface area contributed by atoms with E-state index >= 15 is 0 Å². The lowest BCUT2D eigenvalue weighted by atomic mass is 10.1. The van der Waals surface area contributed by atoms with Gasteiger partial charge < -0.3 is 10.2 Å². The van der Waals surface area contributed by atoms with E-state index in [1.54, 1.807) is 33.2 Å². The van der Waals surface area contributed by atoms with Gasteiger partial charge in [-0.1, -0.05) is 41.2 Å². The third-order valence-corrected chi connectivity index (χ3v) is 4.66. The molecular formula is C18H21N3O3S. The second kappa shape index (κ2) is 8.02.